The van der Waals surface area contributed by atoms with Gasteiger partial charge < -0.3 is 5.11 Å². The maximum Gasteiger partial charge on any atom is 0.309 e. The predicted molar refractivity (Wildman–Crippen MR) is 95.3 cm³/mol. The van der Waals surface area contributed by atoms with Gasteiger partial charge in [0.2, 0.25) is 0 Å². The Kier molecular flexibility index (Phi) is 6.12. The predicted octanol–water partition coefficient (Wildman–Crippen LogP) is 4.83. The number of hydrogen-bond donors (Lipinski definition) is 1. The van der Waals surface area contributed by atoms with Crippen LogP contribution in [0.25, 0.3) is 0 Å². The van der Waals surface area contributed by atoms with Gasteiger partial charge >= 0.3 is 5.97 Å². The molecule has 0 aromatic heterocycles. The van der Waals surface area contributed by atoms with Gasteiger partial charge in [-0.25, -0.2) is 0 Å². The van der Waals surface area contributed by atoms with Crippen LogP contribution in [0.4, 0.5) is 0 Å². The molecule has 0 unspecified atom stereocenters. The maximum atomic E-state index is 11.9. The van der Waals surface area contributed by atoms with Crippen LogP contribution in [0.3, 0.4) is 0 Å². The second-order valence-corrected chi connectivity index (χ2v) is 8.54. The first-order chi connectivity index (χ1) is 10.3. The van der Waals surface area contributed by atoms with Crippen LogP contribution in [0.2, 0.25) is 0 Å². The van der Waals surface area contributed by atoms with Crippen molar-refractivity contribution in [3.8, 4) is 0 Å². The van der Waals surface area contributed by atoms with Gasteiger partial charge in [0.1, 0.15) is 0 Å². The van der Waals surface area contributed by atoms with E-state index in [1.165, 1.54) is 24.8 Å². The van der Waals surface area contributed by atoms with Crippen LogP contribution in [-0.4, -0.2) is 62.5 Å². The van der Waals surface area contributed by atoms with Crippen molar-refractivity contribution in [3.63, 3.8) is 0 Å². The SMILES string of the molecule is CC(C)C1=CC2=CC[C@@H]3[C@](C)(CCC[C@@]3(C)C(=O)O)[C@H]2CC1.[K]. The molecule has 1 saturated carbocycles. The van der Waals surface area contributed by atoms with Crippen molar-refractivity contribution in [2.45, 2.75) is 66.2 Å². The van der Waals surface area contributed by atoms with E-state index in [0.29, 0.717) is 11.8 Å². The number of aliphatic carboxylic acids is 1. The minimum atomic E-state index is -0.588. The standard InChI is InChI=1S/C20H30O2.K/c1-13(2)14-6-8-16-15(12-14)7-9-17-19(16,3)10-5-11-20(17,4)18(21)22;/h7,12-13,16-17H,5-6,8-11H2,1-4H3,(H,21,22);/t16-,17+,19+,20+;/m0./s1. The number of allylic oxidation sites excluding steroid dienone is 4. The molecule has 1 fully saturated rings. The Hall–Kier alpha value is 0.586. The van der Waals surface area contributed by atoms with Gasteiger partial charge in [-0.05, 0) is 67.8 Å². The average Bonchev–Trinajstić information content (AvgIpc) is 2.46. The number of carboxylic acid groups (broad SMARTS) is 1. The van der Waals surface area contributed by atoms with Crippen molar-refractivity contribution in [1.29, 1.82) is 0 Å². The number of fused-ring (bicyclic) bond motifs is 3. The Morgan fingerprint density at radius 2 is 2.00 bits per heavy atom. The zero-order chi connectivity index (χ0) is 16.1. The molecule has 0 bridgehead atoms. The van der Waals surface area contributed by atoms with E-state index < -0.39 is 11.4 Å². The normalized spacial score (nSPS) is 39.5. The second kappa shape index (κ2) is 7.07. The van der Waals surface area contributed by atoms with E-state index in [2.05, 4.69) is 32.9 Å². The number of carbonyl (C=O) groups is 1. The van der Waals surface area contributed by atoms with Crippen LogP contribution >= 0.6 is 0 Å². The van der Waals surface area contributed by atoms with E-state index in [9.17, 15) is 9.90 Å². The smallest absolute Gasteiger partial charge is 0.309 e. The third kappa shape index (κ3) is 3.21. The van der Waals surface area contributed by atoms with E-state index in [1.54, 1.807) is 5.57 Å². The minimum absolute atomic E-state index is 0. The number of rotatable bonds is 2. The summed E-state index contributed by atoms with van der Waals surface area (Å²) < 4.78 is 0. The quantitative estimate of drug-likeness (QED) is 0.731. The molecule has 0 aromatic rings. The molecule has 3 aliphatic carbocycles. The number of hydrogen-bond acceptors (Lipinski definition) is 1. The van der Waals surface area contributed by atoms with Gasteiger partial charge in [-0.1, -0.05) is 44.9 Å². The summed E-state index contributed by atoms with van der Waals surface area (Å²) in [5.74, 6) is 0.888. The van der Waals surface area contributed by atoms with Crippen molar-refractivity contribution >= 4 is 57.4 Å². The molecule has 123 valence electrons. The zero-order valence-electron chi connectivity index (χ0n) is 15.5. The fraction of sp³-hybridized carbons (Fsp3) is 0.750. The summed E-state index contributed by atoms with van der Waals surface area (Å²) in [5.41, 5.74) is 2.69. The van der Waals surface area contributed by atoms with E-state index in [1.807, 2.05) is 6.92 Å². The van der Waals surface area contributed by atoms with Crippen molar-refractivity contribution in [3.05, 3.63) is 23.3 Å². The minimum Gasteiger partial charge on any atom is -0.481 e. The van der Waals surface area contributed by atoms with Crippen LogP contribution in [0.5, 0.6) is 0 Å². The van der Waals surface area contributed by atoms with Crippen LogP contribution in [0, 0.1) is 28.6 Å². The molecule has 0 amide bonds. The molecule has 0 aliphatic heterocycles. The molecule has 0 spiro atoms. The first kappa shape index (κ1) is 19.9. The van der Waals surface area contributed by atoms with Crippen LogP contribution in [-0.2, 0) is 4.79 Å². The zero-order valence-corrected chi connectivity index (χ0v) is 18.6. The summed E-state index contributed by atoms with van der Waals surface area (Å²) in [4.78, 5) is 11.9. The molecule has 4 atom stereocenters. The van der Waals surface area contributed by atoms with Gasteiger partial charge in [0.15, 0.2) is 0 Å². The van der Waals surface area contributed by atoms with Gasteiger partial charge in [-0.2, -0.15) is 0 Å². The van der Waals surface area contributed by atoms with Crippen molar-refractivity contribution < 1.29 is 9.90 Å². The van der Waals surface area contributed by atoms with E-state index in [0.717, 1.165) is 19.3 Å². The van der Waals surface area contributed by atoms with Crippen molar-refractivity contribution in [1.82, 2.24) is 0 Å². The van der Waals surface area contributed by atoms with E-state index >= 15 is 0 Å². The monoisotopic (exact) mass is 341 g/mol. The van der Waals surface area contributed by atoms with Gasteiger partial charge in [-0.15, -0.1) is 0 Å². The Bertz CT molecular complexity index is 548. The Labute approximate surface area is 183 Å². The van der Waals surface area contributed by atoms with Crippen LogP contribution < -0.4 is 0 Å². The molecule has 2 nitrogen and oxygen atoms in total. The first-order valence-electron chi connectivity index (χ1n) is 8.93. The summed E-state index contributed by atoms with van der Waals surface area (Å²) >= 11 is 0. The van der Waals surface area contributed by atoms with Gasteiger partial charge in [0, 0.05) is 51.4 Å². The molecular formula is C20H30KO2. The topological polar surface area (TPSA) is 37.3 Å². The van der Waals surface area contributed by atoms with Gasteiger partial charge in [0.05, 0.1) is 5.41 Å². The Morgan fingerprint density at radius 1 is 1.30 bits per heavy atom. The van der Waals surface area contributed by atoms with Crippen molar-refractivity contribution in [2.24, 2.45) is 28.6 Å². The molecule has 1 radical (unpaired) electrons. The summed E-state index contributed by atoms with van der Waals surface area (Å²) in [6.07, 6.45) is 11.2. The summed E-state index contributed by atoms with van der Waals surface area (Å²) in [7, 11) is 0. The molecule has 3 heteroatoms. The number of carboxylic acids is 1. The second-order valence-electron chi connectivity index (χ2n) is 8.54. The van der Waals surface area contributed by atoms with Gasteiger partial charge in [-0.3, -0.25) is 4.79 Å². The molecule has 3 rings (SSSR count). The molecule has 0 heterocycles. The average molecular weight is 342 g/mol. The van der Waals surface area contributed by atoms with Gasteiger partial charge in [0.25, 0.3) is 0 Å². The molecular weight excluding hydrogens is 311 g/mol. The Balaban J connectivity index is 0.00000192. The largest absolute Gasteiger partial charge is 0.481 e. The fourth-order valence-corrected chi connectivity index (χ4v) is 5.60. The molecule has 3 aliphatic rings. The summed E-state index contributed by atoms with van der Waals surface area (Å²) in [6.45, 7) is 8.93. The van der Waals surface area contributed by atoms with Crippen LogP contribution in [0.15, 0.2) is 23.3 Å². The fourth-order valence-electron chi connectivity index (χ4n) is 5.60. The third-order valence-corrected chi connectivity index (χ3v) is 7.07. The maximum absolute atomic E-state index is 11.9. The van der Waals surface area contributed by atoms with Crippen molar-refractivity contribution in [2.75, 3.05) is 0 Å². The molecule has 23 heavy (non-hydrogen) atoms. The molecule has 0 aromatic carbocycles. The Morgan fingerprint density at radius 3 is 2.61 bits per heavy atom. The first-order valence-corrected chi connectivity index (χ1v) is 8.93. The van der Waals surface area contributed by atoms with E-state index in [4.69, 9.17) is 0 Å². The molecule has 0 saturated heterocycles. The molecule has 1 N–H and O–H groups in total. The summed E-state index contributed by atoms with van der Waals surface area (Å²) in [5, 5.41) is 9.83. The van der Waals surface area contributed by atoms with E-state index in [-0.39, 0.29) is 62.7 Å². The summed E-state index contributed by atoms with van der Waals surface area (Å²) in [6, 6.07) is 0. The van der Waals surface area contributed by atoms with Crippen LogP contribution in [0.1, 0.15) is 66.2 Å². The third-order valence-electron chi connectivity index (χ3n) is 7.07.